The van der Waals surface area contributed by atoms with Gasteiger partial charge in [-0.05, 0) is 42.0 Å². The van der Waals surface area contributed by atoms with Gasteiger partial charge in [-0.1, -0.05) is 56.3 Å². The van der Waals surface area contributed by atoms with Gasteiger partial charge >= 0.3 is 5.63 Å². The molecule has 0 radical (unpaired) electrons. The van der Waals surface area contributed by atoms with Crippen LogP contribution in [0.5, 0.6) is 0 Å². The number of rotatable bonds is 6. The Balaban J connectivity index is 1.63. The van der Waals surface area contributed by atoms with Gasteiger partial charge in [-0.25, -0.2) is 4.79 Å². The van der Waals surface area contributed by atoms with Crippen LogP contribution < -0.4 is 5.63 Å². The van der Waals surface area contributed by atoms with Crippen LogP contribution in [0.1, 0.15) is 54.1 Å². The monoisotopic (exact) mass is 405 g/mol. The summed E-state index contributed by atoms with van der Waals surface area (Å²) in [5.74, 6) is 0.129. The summed E-state index contributed by atoms with van der Waals surface area (Å²) in [4.78, 5) is 27.6. The first-order valence-electron chi connectivity index (χ1n) is 10.5. The van der Waals surface area contributed by atoms with Gasteiger partial charge in [-0.3, -0.25) is 4.79 Å². The zero-order chi connectivity index (χ0) is 21.1. The fraction of sp³-hybridized carbons (Fsp3) is 0.360. The minimum Gasteiger partial charge on any atom is -0.422 e. The molecule has 1 aromatic heterocycles. The van der Waals surface area contributed by atoms with Crippen molar-refractivity contribution >= 4 is 16.9 Å². The highest BCUT2D eigenvalue weighted by Crippen LogP contribution is 2.20. The van der Waals surface area contributed by atoms with Crippen LogP contribution in [-0.2, 0) is 11.3 Å². The Morgan fingerprint density at radius 1 is 1.13 bits per heavy atom. The molecular formula is C25H27NO4. The van der Waals surface area contributed by atoms with E-state index in [9.17, 15) is 9.59 Å². The van der Waals surface area contributed by atoms with E-state index in [0.717, 1.165) is 23.8 Å². The number of ether oxygens (including phenoxy) is 1. The maximum absolute atomic E-state index is 13.4. The Morgan fingerprint density at radius 3 is 2.60 bits per heavy atom. The molecule has 5 nitrogen and oxygen atoms in total. The SMILES string of the molecule is CC(C)c1ccc(CN(CC2CCCO2)C(=O)c2cc3ccccc3oc2=O)cc1. The summed E-state index contributed by atoms with van der Waals surface area (Å²) < 4.78 is 11.2. The molecule has 0 saturated carbocycles. The molecule has 2 heterocycles. The predicted molar refractivity (Wildman–Crippen MR) is 117 cm³/mol. The highest BCUT2D eigenvalue weighted by Gasteiger charge is 2.26. The lowest BCUT2D eigenvalue weighted by Gasteiger charge is -2.25. The zero-order valence-electron chi connectivity index (χ0n) is 17.5. The summed E-state index contributed by atoms with van der Waals surface area (Å²) in [6.45, 7) is 5.90. The van der Waals surface area contributed by atoms with Crippen LogP contribution in [-0.4, -0.2) is 30.1 Å². The minimum absolute atomic E-state index is 0.00335. The normalized spacial score (nSPS) is 16.3. The Morgan fingerprint density at radius 2 is 1.90 bits per heavy atom. The van der Waals surface area contributed by atoms with Crippen LogP contribution >= 0.6 is 0 Å². The van der Waals surface area contributed by atoms with Gasteiger partial charge in [0.05, 0.1) is 6.10 Å². The van der Waals surface area contributed by atoms with Crippen LogP contribution in [0.15, 0.2) is 63.8 Å². The van der Waals surface area contributed by atoms with Crippen LogP contribution in [0.2, 0.25) is 0 Å². The number of para-hydroxylation sites is 1. The summed E-state index contributed by atoms with van der Waals surface area (Å²) in [6.07, 6.45) is 1.91. The first kappa shape index (κ1) is 20.4. The van der Waals surface area contributed by atoms with Gasteiger partial charge in [0.25, 0.3) is 5.91 Å². The standard InChI is InChI=1S/C25H27NO4/c1-17(2)19-11-9-18(10-12-19)15-26(16-21-7-5-13-29-21)24(27)22-14-20-6-3-4-8-23(20)30-25(22)28/h3-4,6,8-12,14,17,21H,5,7,13,15-16H2,1-2H3. The fourth-order valence-corrected chi connectivity index (χ4v) is 3.86. The van der Waals surface area contributed by atoms with Gasteiger partial charge < -0.3 is 14.1 Å². The second-order valence-electron chi connectivity index (χ2n) is 8.20. The third-order valence-electron chi connectivity index (χ3n) is 5.63. The molecular weight excluding hydrogens is 378 g/mol. The molecule has 1 unspecified atom stereocenters. The molecule has 0 aliphatic carbocycles. The largest absolute Gasteiger partial charge is 0.422 e. The predicted octanol–water partition coefficient (Wildman–Crippen LogP) is 4.74. The Labute approximate surface area is 176 Å². The molecule has 5 heteroatoms. The van der Waals surface area contributed by atoms with Gasteiger partial charge in [0.15, 0.2) is 0 Å². The Hall–Kier alpha value is -2.92. The summed E-state index contributed by atoms with van der Waals surface area (Å²) in [6, 6.07) is 17.2. The fourth-order valence-electron chi connectivity index (χ4n) is 3.86. The van der Waals surface area contributed by atoms with E-state index in [2.05, 4.69) is 26.0 Å². The molecule has 0 spiro atoms. The quantitative estimate of drug-likeness (QED) is 0.556. The minimum atomic E-state index is -0.605. The molecule has 30 heavy (non-hydrogen) atoms. The van der Waals surface area contributed by atoms with Gasteiger partial charge in [-0.2, -0.15) is 0 Å². The van der Waals surface area contributed by atoms with E-state index in [-0.39, 0.29) is 17.6 Å². The van der Waals surface area contributed by atoms with Gasteiger partial charge in [0.2, 0.25) is 0 Å². The average molecular weight is 405 g/mol. The topological polar surface area (TPSA) is 59.8 Å². The lowest BCUT2D eigenvalue weighted by Crippen LogP contribution is -2.38. The highest BCUT2D eigenvalue weighted by atomic mass is 16.5. The van der Waals surface area contributed by atoms with E-state index < -0.39 is 5.63 Å². The summed E-state index contributed by atoms with van der Waals surface area (Å²) in [5, 5.41) is 0.735. The van der Waals surface area contributed by atoms with Crippen molar-refractivity contribution in [3.05, 3.63) is 81.7 Å². The molecule has 156 valence electrons. The Kier molecular flexibility index (Phi) is 6.00. The Bertz CT molecular complexity index is 1080. The van der Waals surface area contributed by atoms with Crippen molar-refractivity contribution in [2.24, 2.45) is 0 Å². The number of carbonyl (C=O) groups is 1. The molecule has 0 N–H and O–H groups in total. The molecule has 1 atom stereocenters. The average Bonchev–Trinajstić information content (AvgIpc) is 3.26. The van der Waals surface area contributed by atoms with Crippen LogP contribution in [0, 0.1) is 0 Å². The van der Waals surface area contributed by atoms with E-state index in [1.165, 1.54) is 5.56 Å². The first-order valence-corrected chi connectivity index (χ1v) is 10.5. The molecule has 1 aliphatic heterocycles. The first-order chi connectivity index (χ1) is 14.5. The van der Waals surface area contributed by atoms with E-state index in [1.54, 1.807) is 23.1 Å². The van der Waals surface area contributed by atoms with Gasteiger partial charge in [-0.15, -0.1) is 0 Å². The highest BCUT2D eigenvalue weighted by molar-refractivity contribution is 5.96. The van der Waals surface area contributed by atoms with Crippen molar-refractivity contribution in [2.75, 3.05) is 13.2 Å². The van der Waals surface area contributed by atoms with Crippen LogP contribution in [0.4, 0.5) is 0 Å². The number of hydrogen-bond donors (Lipinski definition) is 0. The van der Waals surface area contributed by atoms with Crippen LogP contribution in [0.3, 0.4) is 0 Å². The number of benzene rings is 2. The van der Waals surface area contributed by atoms with Crippen molar-refractivity contribution < 1.29 is 13.9 Å². The van der Waals surface area contributed by atoms with Gasteiger partial charge in [0.1, 0.15) is 11.1 Å². The third kappa shape index (κ3) is 4.46. The smallest absolute Gasteiger partial charge is 0.349 e. The molecule has 4 rings (SSSR count). The zero-order valence-corrected chi connectivity index (χ0v) is 17.5. The number of carbonyl (C=O) groups excluding carboxylic acids is 1. The van der Waals surface area contributed by atoms with Crippen molar-refractivity contribution in [3.63, 3.8) is 0 Å². The molecule has 1 amide bonds. The number of nitrogens with zero attached hydrogens (tertiary/aromatic N) is 1. The number of hydrogen-bond acceptors (Lipinski definition) is 4. The maximum Gasteiger partial charge on any atom is 0.349 e. The number of amides is 1. The van der Waals surface area contributed by atoms with Crippen molar-refractivity contribution in [3.8, 4) is 0 Å². The van der Waals surface area contributed by atoms with E-state index in [0.29, 0.717) is 31.2 Å². The van der Waals surface area contributed by atoms with E-state index >= 15 is 0 Å². The van der Waals surface area contributed by atoms with Gasteiger partial charge in [0, 0.05) is 25.1 Å². The van der Waals surface area contributed by atoms with E-state index in [1.807, 2.05) is 24.3 Å². The molecule has 1 fully saturated rings. The van der Waals surface area contributed by atoms with E-state index in [4.69, 9.17) is 9.15 Å². The summed E-state index contributed by atoms with van der Waals surface area (Å²) in [7, 11) is 0. The maximum atomic E-state index is 13.4. The van der Waals surface area contributed by atoms with Crippen molar-refractivity contribution in [2.45, 2.75) is 45.3 Å². The lowest BCUT2D eigenvalue weighted by molar-refractivity contribution is 0.0504. The molecule has 0 bridgehead atoms. The molecule has 1 saturated heterocycles. The van der Waals surface area contributed by atoms with Crippen LogP contribution in [0.25, 0.3) is 11.0 Å². The summed E-state index contributed by atoms with van der Waals surface area (Å²) in [5.41, 5.74) is 2.22. The molecule has 3 aromatic rings. The number of fused-ring (bicyclic) bond motifs is 1. The second kappa shape index (κ2) is 8.84. The second-order valence-corrected chi connectivity index (χ2v) is 8.20. The van der Waals surface area contributed by atoms with Crippen molar-refractivity contribution in [1.82, 2.24) is 4.90 Å². The molecule has 1 aliphatic rings. The molecule has 2 aromatic carbocycles. The third-order valence-corrected chi connectivity index (χ3v) is 5.63. The lowest BCUT2D eigenvalue weighted by atomic mass is 10.0. The van der Waals surface area contributed by atoms with Crippen molar-refractivity contribution in [1.29, 1.82) is 0 Å². The summed E-state index contributed by atoms with van der Waals surface area (Å²) >= 11 is 0.